The lowest BCUT2D eigenvalue weighted by atomic mass is 10.2. The Balaban J connectivity index is 3.07. The van der Waals surface area contributed by atoms with Crippen molar-refractivity contribution in [2.45, 2.75) is 13.8 Å². The molecule has 0 aromatic carbocycles. The molecular weight excluding hydrogens is 231 g/mol. The van der Waals surface area contributed by atoms with Gasteiger partial charge in [-0.1, -0.05) is 35.4 Å². The fourth-order valence-corrected chi connectivity index (χ4v) is 1.34. The van der Waals surface area contributed by atoms with Gasteiger partial charge in [-0.2, -0.15) is 0 Å². The fourth-order valence-electron chi connectivity index (χ4n) is 1.15. The van der Waals surface area contributed by atoms with Crippen LogP contribution in [0.1, 0.15) is 18.4 Å². The molecule has 0 atom stereocenters. The molecule has 1 nitrogen and oxygen atoms in total. The average Bonchev–Trinajstić information content (AvgIpc) is 2.58. The molecular formula is C12H12Cl2O. The topological polar surface area (TPSA) is 13.1 Å². The summed E-state index contributed by atoms with van der Waals surface area (Å²) in [5.74, 6) is 1.65. The van der Waals surface area contributed by atoms with Crippen LogP contribution in [0.4, 0.5) is 0 Å². The Morgan fingerprint density at radius 1 is 1.40 bits per heavy atom. The van der Waals surface area contributed by atoms with E-state index < -0.39 is 0 Å². The van der Waals surface area contributed by atoms with E-state index in [0.29, 0.717) is 5.03 Å². The van der Waals surface area contributed by atoms with Crippen LogP contribution in [-0.4, -0.2) is 0 Å². The maximum Gasteiger partial charge on any atom is 0.134 e. The zero-order chi connectivity index (χ0) is 11.3. The highest BCUT2D eigenvalue weighted by Crippen LogP contribution is 2.21. The van der Waals surface area contributed by atoms with E-state index in [1.54, 1.807) is 6.08 Å². The summed E-state index contributed by atoms with van der Waals surface area (Å²) in [4.78, 5) is 0. The largest absolute Gasteiger partial charge is 0.461 e. The zero-order valence-electron chi connectivity index (χ0n) is 8.63. The molecule has 1 rings (SSSR count). The Kier molecular flexibility index (Phi) is 4.73. The molecule has 0 aliphatic carbocycles. The normalized spacial score (nSPS) is 13.9. The van der Waals surface area contributed by atoms with Gasteiger partial charge in [-0.25, -0.2) is 0 Å². The summed E-state index contributed by atoms with van der Waals surface area (Å²) in [6.07, 6.45) is 5.40. The number of allylic oxidation sites excluding steroid dienone is 5. The second-order valence-corrected chi connectivity index (χ2v) is 3.93. The van der Waals surface area contributed by atoms with Gasteiger partial charge < -0.3 is 4.42 Å². The highest BCUT2D eigenvalue weighted by molar-refractivity contribution is 6.29. The Hall–Kier alpha value is -0.920. The van der Waals surface area contributed by atoms with Gasteiger partial charge in [-0.05, 0) is 32.1 Å². The molecule has 1 heterocycles. The van der Waals surface area contributed by atoms with Crippen molar-refractivity contribution >= 4 is 28.8 Å². The Morgan fingerprint density at radius 2 is 2.13 bits per heavy atom. The van der Waals surface area contributed by atoms with Crippen LogP contribution in [-0.2, 0) is 0 Å². The summed E-state index contributed by atoms with van der Waals surface area (Å²) in [6, 6.07) is 3.81. The van der Waals surface area contributed by atoms with Crippen LogP contribution in [0.2, 0.25) is 0 Å². The average molecular weight is 243 g/mol. The summed E-state index contributed by atoms with van der Waals surface area (Å²) in [7, 11) is 0. The lowest BCUT2D eigenvalue weighted by Gasteiger charge is -1.97. The molecule has 1 aromatic heterocycles. The molecule has 0 bridgehead atoms. The minimum atomic E-state index is 0.693. The summed E-state index contributed by atoms with van der Waals surface area (Å²) in [5.41, 5.74) is 2.33. The monoisotopic (exact) mass is 242 g/mol. The highest BCUT2D eigenvalue weighted by Gasteiger charge is 2.02. The summed E-state index contributed by atoms with van der Waals surface area (Å²) >= 11 is 11.3. The van der Waals surface area contributed by atoms with Gasteiger partial charge in [0, 0.05) is 16.1 Å². The van der Waals surface area contributed by atoms with E-state index in [1.165, 1.54) is 5.54 Å². The number of hydrogen-bond donors (Lipinski definition) is 0. The van der Waals surface area contributed by atoms with Crippen LogP contribution >= 0.6 is 23.2 Å². The number of hydrogen-bond acceptors (Lipinski definition) is 1. The number of furan rings is 1. The number of halogens is 2. The van der Waals surface area contributed by atoms with Gasteiger partial charge in [0.25, 0.3) is 0 Å². The summed E-state index contributed by atoms with van der Waals surface area (Å²) in [5, 5.41) is 0.693. The van der Waals surface area contributed by atoms with E-state index in [1.807, 2.05) is 38.1 Å². The molecule has 15 heavy (non-hydrogen) atoms. The predicted octanol–water partition coefficient (Wildman–Crippen LogP) is 4.87. The van der Waals surface area contributed by atoms with Gasteiger partial charge in [-0.15, -0.1) is 0 Å². The quantitative estimate of drug-likeness (QED) is 0.690. The van der Waals surface area contributed by atoms with Gasteiger partial charge in [0.1, 0.15) is 11.5 Å². The maximum absolute atomic E-state index is 5.83. The SMILES string of the molecule is C\C(Cl)=C/C(=C\C=C\Cl)c1ccc(C)o1. The van der Waals surface area contributed by atoms with E-state index in [-0.39, 0.29) is 0 Å². The first kappa shape index (κ1) is 12.2. The van der Waals surface area contributed by atoms with Gasteiger partial charge >= 0.3 is 0 Å². The smallest absolute Gasteiger partial charge is 0.134 e. The minimum absolute atomic E-state index is 0.693. The van der Waals surface area contributed by atoms with Crippen molar-refractivity contribution in [1.29, 1.82) is 0 Å². The maximum atomic E-state index is 5.83. The van der Waals surface area contributed by atoms with Gasteiger partial charge in [0.2, 0.25) is 0 Å². The third-order valence-corrected chi connectivity index (χ3v) is 1.98. The minimum Gasteiger partial charge on any atom is -0.461 e. The van der Waals surface area contributed by atoms with Crippen molar-refractivity contribution in [2.24, 2.45) is 0 Å². The van der Waals surface area contributed by atoms with Crippen LogP contribution in [0.5, 0.6) is 0 Å². The van der Waals surface area contributed by atoms with E-state index in [4.69, 9.17) is 27.6 Å². The molecule has 80 valence electrons. The van der Waals surface area contributed by atoms with E-state index in [9.17, 15) is 0 Å². The van der Waals surface area contributed by atoms with Crippen LogP contribution < -0.4 is 0 Å². The second kappa shape index (κ2) is 5.84. The van der Waals surface area contributed by atoms with Crippen LogP contribution in [0.25, 0.3) is 5.57 Å². The molecule has 0 N–H and O–H groups in total. The molecule has 0 radical (unpaired) electrons. The van der Waals surface area contributed by atoms with Crippen LogP contribution in [0.15, 0.2) is 45.3 Å². The molecule has 0 unspecified atom stereocenters. The molecule has 0 spiro atoms. The van der Waals surface area contributed by atoms with Gasteiger partial charge in [0.15, 0.2) is 0 Å². The molecule has 1 aromatic rings. The lowest BCUT2D eigenvalue weighted by molar-refractivity contribution is 0.522. The predicted molar refractivity (Wildman–Crippen MR) is 66.0 cm³/mol. The fraction of sp³-hybridized carbons (Fsp3) is 0.167. The molecule has 3 heteroatoms. The first-order chi connectivity index (χ1) is 7.13. The number of aryl methyl sites for hydroxylation is 1. The molecule has 0 saturated heterocycles. The van der Waals surface area contributed by atoms with Crippen LogP contribution in [0.3, 0.4) is 0 Å². The molecule has 0 fully saturated rings. The van der Waals surface area contributed by atoms with Gasteiger partial charge in [0.05, 0.1) is 0 Å². The van der Waals surface area contributed by atoms with E-state index >= 15 is 0 Å². The van der Waals surface area contributed by atoms with Crippen molar-refractivity contribution in [2.75, 3.05) is 0 Å². The first-order valence-electron chi connectivity index (χ1n) is 4.51. The third-order valence-electron chi connectivity index (χ3n) is 1.73. The molecule has 0 aliphatic rings. The lowest BCUT2D eigenvalue weighted by Crippen LogP contribution is -1.76. The highest BCUT2D eigenvalue weighted by atomic mass is 35.5. The van der Waals surface area contributed by atoms with Gasteiger partial charge in [-0.3, -0.25) is 0 Å². The molecule has 0 saturated carbocycles. The van der Waals surface area contributed by atoms with Crippen molar-refractivity contribution in [1.82, 2.24) is 0 Å². The van der Waals surface area contributed by atoms with Crippen molar-refractivity contribution in [3.05, 3.63) is 52.4 Å². The zero-order valence-corrected chi connectivity index (χ0v) is 10.1. The summed E-state index contributed by atoms with van der Waals surface area (Å²) in [6.45, 7) is 3.71. The third kappa shape index (κ3) is 3.98. The Morgan fingerprint density at radius 3 is 2.60 bits per heavy atom. The standard InChI is InChI=1S/C12H12Cl2O/c1-9(14)8-11(4-3-7-13)12-6-5-10(2)15-12/h3-8H,1-2H3/b7-3+,9-8+,11-4+. The Bertz CT molecular complexity index is 407. The number of rotatable bonds is 3. The van der Waals surface area contributed by atoms with Crippen molar-refractivity contribution in [3.63, 3.8) is 0 Å². The Labute approximate surface area is 99.7 Å². The molecule has 0 amide bonds. The summed E-state index contributed by atoms with van der Waals surface area (Å²) < 4.78 is 5.50. The van der Waals surface area contributed by atoms with Crippen molar-refractivity contribution in [3.8, 4) is 0 Å². The van der Waals surface area contributed by atoms with Crippen LogP contribution in [0, 0.1) is 6.92 Å². The second-order valence-electron chi connectivity index (χ2n) is 3.08. The van der Waals surface area contributed by atoms with Crippen molar-refractivity contribution < 1.29 is 4.42 Å². The van der Waals surface area contributed by atoms with E-state index in [0.717, 1.165) is 17.1 Å². The van der Waals surface area contributed by atoms with E-state index in [2.05, 4.69) is 0 Å². The molecule has 0 aliphatic heterocycles. The first-order valence-corrected chi connectivity index (χ1v) is 5.32.